The molecule has 2 rings (SSSR count). The SMILES string of the molecule is CC(Oc1ccccc1)c1cc(=O)[nH]cn1. The first kappa shape index (κ1) is 10.4. The lowest BCUT2D eigenvalue weighted by Crippen LogP contribution is -2.12. The number of nitrogens with zero attached hydrogens (tertiary/aromatic N) is 1. The molecule has 0 fully saturated rings. The van der Waals surface area contributed by atoms with E-state index in [1.165, 1.54) is 12.4 Å². The highest BCUT2D eigenvalue weighted by atomic mass is 16.5. The van der Waals surface area contributed by atoms with Gasteiger partial charge in [-0.15, -0.1) is 0 Å². The lowest BCUT2D eigenvalue weighted by molar-refractivity contribution is 0.221. The first-order chi connectivity index (χ1) is 7.75. The number of hydrogen-bond donors (Lipinski definition) is 1. The van der Waals surface area contributed by atoms with Gasteiger partial charge in [0.25, 0.3) is 5.56 Å². The van der Waals surface area contributed by atoms with Crippen molar-refractivity contribution >= 4 is 0 Å². The molecule has 1 aromatic heterocycles. The average Bonchev–Trinajstić information content (AvgIpc) is 2.30. The van der Waals surface area contributed by atoms with Crippen molar-refractivity contribution in [2.24, 2.45) is 0 Å². The third-order valence-electron chi connectivity index (χ3n) is 2.17. The van der Waals surface area contributed by atoms with Gasteiger partial charge in [0.1, 0.15) is 11.9 Å². The zero-order valence-corrected chi connectivity index (χ0v) is 8.88. The van der Waals surface area contributed by atoms with E-state index in [4.69, 9.17) is 4.74 Å². The average molecular weight is 216 g/mol. The summed E-state index contributed by atoms with van der Waals surface area (Å²) in [6.45, 7) is 1.86. The summed E-state index contributed by atoms with van der Waals surface area (Å²) in [7, 11) is 0. The van der Waals surface area contributed by atoms with Crippen LogP contribution >= 0.6 is 0 Å². The van der Waals surface area contributed by atoms with Crippen LogP contribution < -0.4 is 10.3 Å². The largest absolute Gasteiger partial charge is 0.484 e. The molecule has 0 bridgehead atoms. The van der Waals surface area contributed by atoms with Crippen LogP contribution in [0.5, 0.6) is 5.75 Å². The molecule has 82 valence electrons. The van der Waals surface area contributed by atoms with Crippen LogP contribution in [0.1, 0.15) is 18.7 Å². The van der Waals surface area contributed by atoms with E-state index < -0.39 is 0 Å². The number of aromatic nitrogens is 2. The van der Waals surface area contributed by atoms with E-state index >= 15 is 0 Å². The first-order valence-electron chi connectivity index (χ1n) is 5.02. The minimum Gasteiger partial charge on any atom is -0.484 e. The van der Waals surface area contributed by atoms with E-state index in [2.05, 4.69) is 9.97 Å². The number of H-pyrrole nitrogens is 1. The number of nitrogens with one attached hydrogen (secondary N) is 1. The molecule has 1 unspecified atom stereocenters. The zero-order chi connectivity index (χ0) is 11.4. The van der Waals surface area contributed by atoms with Crippen molar-refractivity contribution in [2.45, 2.75) is 13.0 Å². The molecule has 4 heteroatoms. The molecule has 0 saturated carbocycles. The first-order valence-corrected chi connectivity index (χ1v) is 5.02. The highest BCUT2D eigenvalue weighted by Crippen LogP contribution is 2.18. The summed E-state index contributed by atoms with van der Waals surface area (Å²) in [5.74, 6) is 0.761. The van der Waals surface area contributed by atoms with Crippen LogP contribution in [-0.4, -0.2) is 9.97 Å². The quantitative estimate of drug-likeness (QED) is 0.852. The van der Waals surface area contributed by atoms with Crippen LogP contribution in [-0.2, 0) is 0 Å². The molecular weight excluding hydrogens is 204 g/mol. The second kappa shape index (κ2) is 4.61. The van der Waals surface area contributed by atoms with E-state index in [1.54, 1.807) is 0 Å². The molecule has 0 saturated heterocycles. The second-order valence-corrected chi connectivity index (χ2v) is 3.41. The Kier molecular flexibility index (Phi) is 3.00. The van der Waals surface area contributed by atoms with Crippen molar-refractivity contribution < 1.29 is 4.74 Å². The zero-order valence-electron chi connectivity index (χ0n) is 8.88. The molecule has 0 aliphatic heterocycles. The number of rotatable bonds is 3. The summed E-state index contributed by atoms with van der Waals surface area (Å²) >= 11 is 0. The fourth-order valence-electron chi connectivity index (χ4n) is 1.37. The Labute approximate surface area is 92.9 Å². The monoisotopic (exact) mass is 216 g/mol. The Morgan fingerprint density at radius 3 is 2.75 bits per heavy atom. The molecule has 2 aromatic rings. The van der Waals surface area contributed by atoms with Crippen LogP contribution in [0, 0.1) is 0 Å². The van der Waals surface area contributed by atoms with E-state index in [9.17, 15) is 4.79 Å². The van der Waals surface area contributed by atoms with Crippen molar-refractivity contribution in [3.05, 3.63) is 58.8 Å². The lowest BCUT2D eigenvalue weighted by atomic mass is 10.2. The molecule has 1 atom stereocenters. The van der Waals surface area contributed by atoms with Crippen LogP contribution in [0.15, 0.2) is 47.5 Å². The summed E-state index contributed by atoms with van der Waals surface area (Å²) in [5, 5.41) is 0. The van der Waals surface area contributed by atoms with Crippen molar-refractivity contribution in [3.8, 4) is 5.75 Å². The highest BCUT2D eigenvalue weighted by molar-refractivity contribution is 5.22. The van der Waals surface area contributed by atoms with Gasteiger partial charge >= 0.3 is 0 Å². The summed E-state index contributed by atoms with van der Waals surface area (Å²) in [5.41, 5.74) is 0.445. The van der Waals surface area contributed by atoms with Crippen molar-refractivity contribution in [1.29, 1.82) is 0 Å². The maximum Gasteiger partial charge on any atom is 0.251 e. The number of hydrogen-bond acceptors (Lipinski definition) is 3. The number of aromatic amines is 1. The molecular formula is C12H12N2O2. The number of benzene rings is 1. The van der Waals surface area contributed by atoms with Gasteiger partial charge in [0.15, 0.2) is 0 Å². The van der Waals surface area contributed by atoms with Crippen molar-refractivity contribution in [2.75, 3.05) is 0 Å². The molecule has 0 aliphatic rings. The van der Waals surface area contributed by atoms with Crippen LogP contribution in [0.3, 0.4) is 0 Å². The van der Waals surface area contributed by atoms with E-state index in [0.717, 1.165) is 5.75 Å². The minimum absolute atomic E-state index is 0.173. The highest BCUT2D eigenvalue weighted by Gasteiger charge is 2.08. The summed E-state index contributed by atoms with van der Waals surface area (Å²) in [6, 6.07) is 10.9. The molecule has 4 nitrogen and oxygen atoms in total. The predicted molar refractivity (Wildman–Crippen MR) is 60.3 cm³/mol. The molecule has 0 amide bonds. The fourth-order valence-corrected chi connectivity index (χ4v) is 1.37. The van der Waals surface area contributed by atoms with Crippen molar-refractivity contribution in [1.82, 2.24) is 9.97 Å². The Morgan fingerprint density at radius 1 is 1.31 bits per heavy atom. The second-order valence-electron chi connectivity index (χ2n) is 3.41. The molecule has 0 aliphatic carbocycles. The predicted octanol–water partition coefficient (Wildman–Crippen LogP) is 1.91. The molecule has 1 heterocycles. The molecule has 0 radical (unpaired) electrons. The number of para-hydroxylation sites is 1. The third kappa shape index (κ3) is 2.48. The standard InChI is InChI=1S/C12H12N2O2/c1-9(11-7-12(15)14-8-13-11)16-10-5-3-2-4-6-10/h2-9H,1H3,(H,13,14,15). The van der Waals surface area contributed by atoms with E-state index in [1.807, 2.05) is 37.3 Å². The summed E-state index contributed by atoms with van der Waals surface area (Å²) < 4.78 is 5.64. The summed E-state index contributed by atoms with van der Waals surface area (Å²) in [4.78, 5) is 17.6. The van der Waals surface area contributed by atoms with E-state index in [0.29, 0.717) is 5.69 Å². The van der Waals surface area contributed by atoms with Gasteiger partial charge in [0.05, 0.1) is 12.0 Å². The van der Waals surface area contributed by atoms with Crippen molar-refractivity contribution in [3.63, 3.8) is 0 Å². The third-order valence-corrected chi connectivity index (χ3v) is 2.17. The van der Waals surface area contributed by atoms with Gasteiger partial charge in [0, 0.05) is 6.07 Å². The Hall–Kier alpha value is -2.10. The smallest absolute Gasteiger partial charge is 0.251 e. The summed E-state index contributed by atoms with van der Waals surface area (Å²) in [6.07, 6.45) is 1.13. The van der Waals surface area contributed by atoms with Gasteiger partial charge in [-0.3, -0.25) is 4.79 Å². The van der Waals surface area contributed by atoms with Crippen LogP contribution in [0.25, 0.3) is 0 Å². The van der Waals surface area contributed by atoms with Gasteiger partial charge in [-0.1, -0.05) is 18.2 Å². The Balaban J connectivity index is 2.15. The van der Waals surface area contributed by atoms with E-state index in [-0.39, 0.29) is 11.7 Å². The normalized spacial score (nSPS) is 12.1. The maximum atomic E-state index is 11.1. The van der Waals surface area contributed by atoms with Gasteiger partial charge in [0.2, 0.25) is 0 Å². The fraction of sp³-hybridized carbons (Fsp3) is 0.167. The van der Waals surface area contributed by atoms with Gasteiger partial charge < -0.3 is 9.72 Å². The molecule has 0 spiro atoms. The topological polar surface area (TPSA) is 55.0 Å². The Bertz CT molecular complexity index is 508. The van der Waals surface area contributed by atoms with Gasteiger partial charge in [-0.2, -0.15) is 0 Å². The van der Waals surface area contributed by atoms with Gasteiger partial charge in [-0.25, -0.2) is 4.98 Å². The molecule has 16 heavy (non-hydrogen) atoms. The van der Waals surface area contributed by atoms with Gasteiger partial charge in [-0.05, 0) is 19.1 Å². The Morgan fingerprint density at radius 2 is 2.06 bits per heavy atom. The van der Waals surface area contributed by atoms with Crippen LogP contribution in [0.4, 0.5) is 0 Å². The minimum atomic E-state index is -0.246. The lowest BCUT2D eigenvalue weighted by Gasteiger charge is -2.13. The molecule has 1 N–H and O–H groups in total. The number of ether oxygens (including phenoxy) is 1. The molecule has 1 aromatic carbocycles. The maximum absolute atomic E-state index is 11.1. The van der Waals surface area contributed by atoms with Crippen LogP contribution in [0.2, 0.25) is 0 Å².